The van der Waals surface area contributed by atoms with Crippen LogP contribution in [0.4, 0.5) is 5.69 Å². The Bertz CT molecular complexity index is 849. The Hall–Kier alpha value is -1.12. The van der Waals surface area contributed by atoms with Gasteiger partial charge in [-0.2, -0.15) is 4.31 Å². The van der Waals surface area contributed by atoms with E-state index in [0.717, 1.165) is 0 Å². The molecule has 9 heteroatoms. The van der Waals surface area contributed by atoms with Gasteiger partial charge < -0.3 is 5.32 Å². The molecule has 0 unspecified atom stereocenters. The molecule has 1 aromatic carbocycles. The average Bonchev–Trinajstić information content (AvgIpc) is 3.09. The molecule has 0 bridgehead atoms. The molecule has 1 aromatic heterocycles. The van der Waals surface area contributed by atoms with Crippen LogP contribution in [-0.2, 0) is 14.8 Å². The van der Waals surface area contributed by atoms with Gasteiger partial charge in [-0.15, -0.1) is 11.3 Å². The largest absolute Gasteiger partial charge is 0.326 e. The van der Waals surface area contributed by atoms with Gasteiger partial charge in [0, 0.05) is 28.8 Å². The van der Waals surface area contributed by atoms with Crippen LogP contribution >= 0.6 is 34.5 Å². The Morgan fingerprint density at radius 1 is 1.24 bits per heavy atom. The SMILES string of the molecule is O=C(Nc1cc(Cl)cc(Cl)c1)[C@H]1CCCN(S(=O)(=O)c2cccs2)C1. The maximum absolute atomic E-state index is 12.6. The fourth-order valence-electron chi connectivity index (χ4n) is 2.78. The predicted octanol–water partition coefficient (Wildman–Crippen LogP) is 4.09. The summed E-state index contributed by atoms with van der Waals surface area (Å²) >= 11 is 13.1. The number of thiophene rings is 1. The van der Waals surface area contributed by atoms with Crippen LogP contribution in [0.25, 0.3) is 0 Å². The summed E-state index contributed by atoms with van der Waals surface area (Å²) in [6.07, 6.45) is 1.27. The number of hydrogen-bond donors (Lipinski definition) is 1. The van der Waals surface area contributed by atoms with Crippen molar-refractivity contribution in [1.29, 1.82) is 0 Å². The van der Waals surface area contributed by atoms with Crippen LogP contribution in [0.5, 0.6) is 0 Å². The zero-order valence-corrected chi connectivity index (χ0v) is 16.3. The normalized spacial score (nSPS) is 18.9. The number of sulfonamides is 1. The Balaban J connectivity index is 1.71. The highest BCUT2D eigenvalue weighted by molar-refractivity contribution is 7.91. The number of nitrogens with zero attached hydrogens (tertiary/aromatic N) is 1. The van der Waals surface area contributed by atoms with E-state index < -0.39 is 15.9 Å². The Kier molecular flexibility index (Phi) is 5.70. The molecule has 1 N–H and O–H groups in total. The van der Waals surface area contributed by atoms with Gasteiger partial charge in [0.05, 0.1) is 5.92 Å². The third-order valence-electron chi connectivity index (χ3n) is 3.97. The Labute approximate surface area is 160 Å². The van der Waals surface area contributed by atoms with Gasteiger partial charge in [0.1, 0.15) is 4.21 Å². The lowest BCUT2D eigenvalue weighted by atomic mass is 9.99. The smallest absolute Gasteiger partial charge is 0.252 e. The van der Waals surface area contributed by atoms with Gasteiger partial charge in [0.25, 0.3) is 10.0 Å². The van der Waals surface area contributed by atoms with Gasteiger partial charge in [-0.3, -0.25) is 4.79 Å². The lowest BCUT2D eigenvalue weighted by Gasteiger charge is -2.30. The van der Waals surface area contributed by atoms with Gasteiger partial charge >= 0.3 is 0 Å². The van der Waals surface area contributed by atoms with E-state index in [-0.39, 0.29) is 12.5 Å². The summed E-state index contributed by atoms with van der Waals surface area (Å²) < 4.78 is 27.0. The van der Waals surface area contributed by atoms with Crippen molar-refractivity contribution >= 4 is 56.2 Å². The van der Waals surface area contributed by atoms with Gasteiger partial charge in [-0.1, -0.05) is 29.3 Å². The molecule has 5 nitrogen and oxygen atoms in total. The third-order valence-corrected chi connectivity index (χ3v) is 7.65. The average molecular weight is 419 g/mol. The second-order valence-corrected chi connectivity index (χ2v) is 9.77. The minimum atomic E-state index is -3.54. The highest BCUT2D eigenvalue weighted by Gasteiger charge is 2.33. The van der Waals surface area contributed by atoms with Gasteiger partial charge in [-0.25, -0.2) is 8.42 Å². The molecule has 0 saturated carbocycles. The lowest BCUT2D eigenvalue weighted by Crippen LogP contribution is -2.43. The van der Waals surface area contributed by atoms with E-state index in [1.807, 2.05) is 0 Å². The number of carbonyl (C=O) groups is 1. The van der Waals surface area contributed by atoms with Crippen molar-refractivity contribution in [2.24, 2.45) is 5.92 Å². The van der Waals surface area contributed by atoms with E-state index in [1.165, 1.54) is 15.6 Å². The molecule has 1 amide bonds. The maximum Gasteiger partial charge on any atom is 0.252 e. The van der Waals surface area contributed by atoms with Crippen molar-refractivity contribution in [1.82, 2.24) is 4.31 Å². The number of anilines is 1. The van der Waals surface area contributed by atoms with Crippen LogP contribution in [0.1, 0.15) is 12.8 Å². The van der Waals surface area contributed by atoms with Gasteiger partial charge in [-0.05, 0) is 42.5 Å². The first-order chi connectivity index (χ1) is 11.9. The molecule has 1 atom stereocenters. The van der Waals surface area contributed by atoms with Crippen LogP contribution in [0.2, 0.25) is 10.0 Å². The molecule has 3 rings (SSSR count). The maximum atomic E-state index is 12.6. The topological polar surface area (TPSA) is 66.5 Å². The van der Waals surface area contributed by atoms with Crippen molar-refractivity contribution in [2.75, 3.05) is 18.4 Å². The number of piperidine rings is 1. The fourth-order valence-corrected chi connectivity index (χ4v) is 5.98. The summed E-state index contributed by atoms with van der Waals surface area (Å²) in [7, 11) is -3.54. The standard InChI is InChI=1S/C16H16Cl2N2O3S2/c17-12-7-13(18)9-14(8-12)19-16(21)11-3-1-5-20(10-11)25(22,23)15-4-2-6-24-15/h2,4,6-9,11H,1,3,5,10H2,(H,19,21)/t11-/m0/s1. The highest BCUT2D eigenvalue weighted by atomic mass is 35.5. The molecule has 2 aromatic rings. The van der Waals surface area contributed by atoms with E-state index in [1.54, 1.807) is 35.7 Å². The molecule has 134 valence electrons. The summed E-state index contributed by atoms with van der Waals surface area (Å²) in [5, 5.41) is 5.35. The van der Waals surface area contributed by atoms with E-state index in [2.05, 4.69) is 5.32 Å². The summed E-state index contributed by atoms with van der Waals surface area (Å²) in [4.78, 5) is 12.5. The zero-order chi connectivity index (χ0) is 18.0. The number of hydrogen-bond acceptors (Lipinski definition) is 4. The second kappa shape index (κ2) is 7.63. The number of rotatable bonds is 4. The van der Waals surface area contributed by atoms with Crippen LogP contribution < -0.4 is 5.32 Å². The van der Waals surface area contributed by atoms with Crippen molar-refractivity contribution < 1.29 is 13.2 Å². The molecule has 1 aliphatic heterocycles. The van der Waals surface area contributed by atoms with Crippen LogP contribution in [0, 0.1) is 5.92 Å². The molecular formula is C16H16Cl2N2O3S2. The first kappa shape index (κ1) is 18.7. The molecule has 1 saturated heterocycles. The molecule has 1 fully saturated rings. The molecule has 0 spiro atoms. The number of halogens is 2. The van der Waals surface area contributed by atoms with Crippen LogP contribution in [-0.4, -0.2) is 31.7 Å². The summed E-state index contributed by atoms with van der Waals surface area (Å²) in [6.45, 7) is 0.591. The van der Waals surface area contributed by atoms with Crippen molar-refractivity contribution in [3.8, 4) is 0 Å². The number of benzene rings is 1. The summed E-state index contributed by atoms with van der Waals surface area (Å²) in [5.41, 5.74) is 0.501. The van der Waals surface area contributed by atoms with E-state index in [4.69, 9.17) is 23.2 Å². The fraction of sp³-hybridized carbons (Fsp3) is 0.312. The number of nitrogens with one attached hydrogen (secondary N) is 1. The molecular weight excluding hydrogens is 403 g/mol. The molecule has 2 heterocycles. The number of amides is 1. The van der Waals surface area contributed by atoms with Gasteiger partial charge in [0.2, 0.25) is 5.91 Å². The molecule has 1 aliphatic rings. The first-order valence-corrected chi connectivity index (χ1v) is 10.7. The Morgan fingerprint density at radius 2 is 1.96 bits per heavy atom. The van der Waals surface area contributed by atoms with E-state index in [9.17, 15) is 13.2 Å². The summed E-state index contributed by atoms with van der Waals surface area (Å²) in [6, 6.07) is 8.07. The van der Waals surface area contributed by atoms with E-state index in [0.29, 0.717) is 39.3 Å². The predicted molar refractivity (Wildman–Crippen MR) is 101 cm³/mol. The lowest BCUT2D eigenvalue weighted by molar-refractivity contribution is -0.120. The minimum absolute atomic E-state index is 0.167. The monoisotopic (exact) mass is 418 g/mol. The van der Waals surface area contributed by atoms with Crippen LogP contribution in [0.3, 0.4) is 0 Å². The molecule has 0 aliphatic carbocycles. The second-order valence-electron chi connectivity index (χ2n) is 5.78. The van der Waals surface area contributed by atoms with Gasteiger partial charge in [0.15, 0.2) is 0 Å². The van der Waals surface area contributed by atoms with Crippen LogP contribution in [0.15, 0.2) is 39.9 Å². The zero-order valence-electron chi connectivity index (χ0n) is 13.1. The number of carbonyl (C=O) groups excluding carboxylic acids is 1. The molecule has 0 radical (unpaired) electrons. The first-order valence-electron chi connectivity index (χ1n) is 7.67. The quantitative estimate of drug-likeness (QED) is 0.812. The van der Waals surface area contributed by atoms with Crippen molar-refractivity contribution in [2.45, 2.75) is 17.1 Å². The molecule has 25 heavy (non-hydrogen) atoms. The third kappa shape index (κ3) is 4.35. The van der Waals surface area contributed by atoms with Crippen molar-refractivity contribution in [3.05, 3.63) is 45.8 Å². The Morgan fingerprint density at radius 3 is 2.60 bits per heavy atom. The highest BCUT2D eigenvalue weighted by Crippen LogP contribution is 2.28. The van der Waals surface area contributed by atoms with E-state index >= 15 is 0 Å². The van der Waals surface area contributed by atoms with Crippen molar-refractivity contribution in [3.63, 3.8) is 0 Å². The minimum Gasteiger partial charge on any atom is -0.326 e. The summed E-state index contributed by atoms with van der Waals surface area (Å²) in [5.74, 6) is -0.648.